The Bertz CT molecular complexity index is 311. The van der Waals surface area contributed by atoms with Crippen molar-refractivity contribution in [3.63, 3.8) is 0 Å². The predicted octanol–water partition coefficient (Wildman–Crippen LogP) is 0.138. The van der Waals surface area contributed by atoms with Crippen LogP contribution < -0.4 is 5.11 Å². The van der Waals surface area contributed by atoms with Crippen LogP contribution in [0.25, 0.3) is 0 Å². The van der Waals surface area contributed by atoms with Gasteiger partial charge in [-0.2, -0.15) is 0 Å². The van der Waals surface area contributed by atoms with E-state index in [9.17, 15) is 9.90 Å². The van der Waals surface area contributed by atoms with Gasteiger partial charge in [-0.1, -0.05) is 20.8 Å². The molecule has 0 aliphatic heterocycles. The average Bonchev–Trinajstić information content (AvgIpc) is 2.03. The van der Waals surface area contributed by atoms with E-state index < -0.39 is 5.97 Å². The Balaban J connectivity index is 3.01. The average molecular weight is 179 g/mol. The van der Waals surface area contributed by atoms with Crippen LogP contribution >= 0.6 is 0 Å². The third-order valence-corrected chi connectivity index (χ3v) is 1.56. The summed E-state index contributed by atoms with van der Waals surface area (Å²) in [6, 6.07) is 0. The fourth-order valence-corrected chi connectivity index (χ4v) is 0.821. The molecule has 0 aliphatic rings. The van der Waals surface area contributed by atoms with E-state index in [1.807, 2.05) is 20.8 Å². The summed E-state index contributed by atoms with van der Waals surface area (Å²) >= 11 is 0. The van der Waals surface area contributed by atoms with Gasteiger partial charge in [0, 0.05) is 23.4 Å². The maximum Gasteiger partial charge on any atom is 0.133 e. The van der Waals surface area contributed by atoms with Crippen LogP contribution in [0.15, 0.2) is 12.4 Å². The van der Waals surface area contributed by atoms with E-state index in [1.165, 1.54) is 12.4 Å². The normalized spacial score (nSPS) is 11.3. The number of carbonyl (C=O) groups is 1. The quantitative estimate of drug-likeness (QED) is 0.615. The molecule has 13 heavy (non-hydrogen) atoms. The minimum atomic E-state index is -1.25. The molecule has 0 spiro atoms. The fraction of sp³-hybridized carbons (Fsp3) is 0.444. The first-order chi connectivity index (χ1) is 5.91. The molecule has 4 nitrogen and oxygen atoms in total. The summed E-state index contributed by atoms with van der Waals surface area (Å²) in [6.07, 6.45) is 2.53. The van der Waals surface area contributed by atoms with Crippen LogP contribution in [0.3, 0.4) is 0 Å². The maximum atomic E-state index is 10.4. The molecule has 0 aromatic carbocycles. The second-order valence-electron chi connectivity index (χ2n) is 3.83. The number of rotatable bonds is 1. The molecule has 1 aromatic heterocycles. The van der Waals surface area contributed by atoms with Crippen LogP contribution in [0.2, 0.25) is 0 Å². The first kappa shape index (κ1) is 9.64. The molecule has 0 fully saturated rings. The zero-order chi connectivity index (χ0) is 10.1. The molecular formula is C9H11N2O2-. The second-order valence-corrected chi connectivity index (χ2v) is 3.83. The summed E-state index contributed by atoms with van der Waals surface area (Å²) in [5.74, 6) is -0.627. The van der Waals surface area contributed by atoms with Crippen LogP contribution in [0, 0.1) is 0 Å². The maximum absolute atomic E-state index is 10.4. The van der Waals surface area contributed by atoms with E-state index >= 15 is 0 Å². The fourth-order valence-electron chi connectivity index (χ4n) is 0.821. The summed E-state index contributed by atoms with van der Waals surface area (Å²) in [7, 11) is 0. The number of carboxylic acid groups (broad SMARTS) is 1. The van der Waals surface area contributed by atoms with Gasteiger partial charge in [-0.05, 0) is 0 Å². The molecule has 0 saturated heterocycles. The van der Waals surface area contributed by atoms with Crippen LogP contribution in [0.5, 0.6) is 0 Å². The van der Waals surface area contributed by atoms with Gasteiger partial charge in [0.15, 0.2) is 0 Å². The van der Waals surface area contributed by atoms with Crippen molar-refractivity contribution in [1.82, 2.24) is 9.97 Å². The highest BCUT2D eigenvalue weighted by Gasteiger charge is 2.16. The SMILES string of the molecule is CC(C)(C)c1ncc(C(=O)[O-])cn1. The Labute approximate surface area is 76.7 Å². The number of aromatic nitrogens is 2. The number of nitrogens with zero attached hydrogens (tertiary/aromatic N) is 2. The summed E-state index contributed by atoms with van der Waals surface area (Å²) in [5.41, 5.74) is -0.155. The Hall–Kier alpha value is -1.45. The Morgan fingerprint density at radius 2 is 1.77 bits per heavy atom. The summed E-state index contributed by atoms with van der Waals surface area (Å²) in [5, 5.41) is 10.4. The molecule has 0 saturated carbocycles. The summed E-state index contributed by atoms with van der Waals surface area (Å²) in [6.45, 7) is 5.88. The lowest BCUT2D eigenvalue weighted by molar-refractivity contribution is -0.255. The van der Waals surface area contributed by atoms with Crippen molar-refractivity contribution in [3.8, 4) is 0 Å². The third-order valence-electron chi connectivity index (χ3n) is 1.56. The molecule has 1 rings (SSSR count). The highest BCUT2D eigenvalue weighted by Crippen LogP contribution is 2.16. The van der Waals surface area contributed by atoms with Crippen molar-refractivity contribution in [2.24, 2.45) is 0 Å². The summed E-state index contributed by atoms with van der Waals surface area (Å²) in [4.78, 5) is 18.2. The molecule has 0 aliphatic carbocycles. The molecule has 1 heterocycles. The zero-order valence-corrected chi connectivity index (χ0v) is 7.87. The van der Waals surface area contributed by atoms with E-state index in [2.05, 4.69) is 9.97 Å². The van der Waals surface area contributed by atoms with E-state index in [1.54, 1.807) is 0 Å². The lowest BCUT2D eigenvalue weighted by atomic mass is 9.96. The number of hydrogen-bond acceptors (Lipinski definition) is 4. The molecule has 1 aromatic rings. The zero-order valence-electron chi connectivity index (χ0n) is 7.87. The lowest BCUT2D eigenvalue weighted by Crippen LogP contribution is -2.24. The van der Waals surface area contributed by atoms with Crippen molar-refractivity contribution in [2.45, 2.75) is 26.2 Å². The van der Waals surface area contributed by atoms with E-state index in [0.717, 1.165) is 0 Å². The largest absolute Gasteiger partial charge is 0.545 e. The van der Waals surface area contributed by atoms with Crippen molar-refractivity contribution in [1.29, 1.82) is 0 Å². The summed E-state index contributed by atoms with van der Waals surface area (Å²) < 4.78 is 0. The molecule has 0 N–H and O–H groups in total. The number of aromatic carboxylic acids is 1. The monoisotopic (exact) mass is 179 g/mol. The van der Waals surface area contributed by atoms with Crippen molar-refractivity contribution in [3.05, 3.63) is 23.8 Å². The Morgan fingerprint density at radius 1 is 1.31 bits per heavy atom. The first-order valence-electron chi connectivity index (χ1n) is 3.95. The molecule has 0 radical (unpaired) electrons. The molecule has 0 atom stereocenters. The Morgan fingerprint density at radius 3 is 2.08 bits per heavy atom. The van der Waals surface area contributed by atoms with Gasteiger partial charge in [0.1, 0.15) is 5.82 Å². The molecular weight excluding hydrogens is 168 g/mol. The number of carboxylic acids is 1. The van der Waals surface area contributed by atoms with Gasteiger partial charge in [-0.15, -0.1) is 0 Å². The highest BCUT2D eigenvalue weighted by molar-refractivity contribution is 5.84. The van der Waals surface area contributed by atoms with Gasteiger partial charge in [-0.3, -0.25) is 0 Å². The van der Waals surface area contributed by atoms with Gasteiger partial charge < -0.3 is 9.90 Å². The van der Waals surface area contributed by atoms with Gasteiger partial charge in [-0.25, -0.2) is 9.97 Å². The molecule has 0 bridgehead atoms. The van der Waals surface area contributed by atoms with E-state index in [4.69, 9.17) is 0 Å². The van der Waals surface area contributed by atoms with Crippen LogP contribution in [-0.4, -0.2) is 15.9 Å². The van der Waals surface area contributed by atoms with E-state index in [-0.39, 0.29) is 11.0 Å². The minimum absolute atomic E-state index is 0.00741. The van der Waals surface area contributed by atoms with Gasteiger partial charge in [0.2, 0.25) is 0 Å². The van der Waals surface area contributed by atoms with Crippen molar-refractivity contribution >= 4 is 5.97 Å². The third kappa shape index (κ3) is 2.24. The van der Waals surface area contributed by atoms with Crippen LogP contribution in [0.1, 0.15) is 37.0 Å². The number of carbonyl (C=O) groups excluding carboxylic acids is 1. The first-order valence-corrected chi connectivity index (χ1v) is 3.95. The Kier molecular flexibility index (Phi) is 2.32. The predicted molar refractivity (Wildman–Crippen MR) is 45.1 cm³/mol. The molecule has 0 amide bonds. The van der Waals surface area contributed by atoms with Crippen LogP contribution in [0.4, 0.5) is 0 Å². The lowest BCUT2D eigenvalue weighted by Gasteiger charge is -2.16. The van der Waals surface area contributed by atoms with E-state index in [0.29, 0.717) is 5.82 Å². The topological polar surface area (TPSA) is 65.9 Å². The smallest absolute Gasteiger partial charge is 0.133 e. The van der Waals surface area contributed by atoms with Gasteiger partial charge >= 0.3 is 0 Å². The van der Waals surface area contributed by atoms with Crippen LogP contribution in [-0.2, 0) is 5.41 Å². The highest BCUT2D eigenvalue weighted by atomic mass is 16.4. The molecule has 70 valence electrons. The van der Waals surface area contributed by atoms with Crippen molar-refractivity contribution in [2.75, 3.05) is 0 Å². The second kappa shape index (κ2) is 3.12. The standard InChI is InChI=1S/C9H12N2O2/c1-9(2,3)8-10-4-6(5-11-8)7(12)13/h4-5H,1-3H3,(H,12,13)/p-1. The minimum Gasteiger partial charge on any atom is -0.545 e. The molecule has 0 unspecified atom stereocenters. The van der Waals surface area contributed by atoms with Gasteiger partial charge in [0.25, 0.3) is 0 Å². The van der Waals surface area contributed by atoms with Gasteiger partial charge in [0.05, 0.1) is 5.97 Å². The molecule has 4 heteroatoms. The number of hydrogen-bond donors (Lipinski definition) is 0. The van der Waals surface area contributed by atoms with Crippen molar-refractivity contribution < 1.29 is 9.90 Å².